The lowest BCUT2D eigenvalue weighted by Gasteiger charge is -2.60. The molecule has 2 bridgehead atoms. The van der Waals surface area contributed by atoms with Gasteiger partial charge in [-0.3, -0.25) is 4.79 Å². The number of fused-ring (bicyclic) bond motifs is 2. The Morgan fingerprint density at radius 1 is 1.16 bits per heavy atom. The molecule has 0 radical (unpaired) electrons. The minimum Gasteiger partial charge on any atom is -0.481 e. The van der Waals surface area contributed by atoms with Gasteiger partial charge in [-0.2, -0.15) is 4.39 Å². The Bertz CT molecular complexity index is 926. The molecule has 1 saturated carbocycles. The summed E-state index contributed by atoms with van der Waals surface area (Å²) in [5.41, 5.74) is -1.02. The standard InChI is InChI=1S/C23H28F2O7/c1-11-4-6-15-12(2)20(28-16-7-5-13(10-17(26)27)18(24)19(16)25)29-21-23(15)14(11)8-9-22(3,30-21)31-32-23/h5,7,11-12,14-15,20-21H,4,6,8-10H2,1-3H3,(H,26,27)/t11-,12-,14+,15+,20+,21-,22-,23-/m1/s1. The lowest BCUT2D eigenvalue weighted by atomic mass is 9.58. The minimum atomic E-state index is -1.25. The van der Waals surface area contributed by atoms with Crippen molar-refractivity contribution in [2.24, 2.45) is 23.7 Å². The van der Waals surface area contributed by atoms with E-state index in [1.165, 1.54) is 12.1 Å². The van der Waals surface area contributed by atoms with E-state index in [0.717, 1.165) is 19.3 Å². The van der Waals surface area contributed by atoms with Crippen molar-refractivity contribution in [2.75, 3.05) is 0 Å². The van der Waals surface area contributed by atoms with Crippen molar-refractivity contribution < 1.29 is 42.7 Å². The van der Waals surface area contributed by atoms with E-state index in [9.17, 15) is 13.6 Å². The Labute approximate surface area is 184 Å². The zero-order valence-corrected chi connectivity index (χ0v) is 18.3. The summed E-state index contributed by atoms with van der Waals surface area (Å²) in [4.78, 5) is 22.7. The zero-order valence-electron chi connectivity index (χ0n) is 18.3. The molecule has 4 aliphatic heterocycles. The highest BCUT2D eigenvalue weighted by molar-refractivity contribution is 5.70. The van der Waals surface area contributed by atoms with Gasteiger partial charge >= 0.3 is 5.97 Å². The third kappa shape index (κ3) is 3.24. The van der Waals surface area contributed by atoms with E-state index >= 15 is 0 Å². The number of hydrogen-bond acceptors (Lipinski definition) is 6. The fourth-order valence-corrected chi connectivity index (χ4v) is 6.09. The van der Waals surface area contributed by atoms with Crippen LogP contribution in [0.2, 0.25) is 0 Å². The Morgan fingerprint density at radius 2 is 1.94 bits per heavy atom. The maximum absolute atomic E-state index is 14.7. The monoisotopic (exact) mass is 454 g/mol. The molecule has 0 aromatic heterocycles. The van der Waals surface area contributed by atoms with Crippen LogP contribution in [0.5, 0.6) is 5.75 Å². The van der Waals surface area contributed by atoms with Gasteiger partial charge in [-0.05, 0) is 44.1 Å². The summed E-state index contributed by atoms with van der Waals surface area (Å²) >= 11 is 0. The fourth-order valence-electron chi connectivity index (χ4n) is 6.09. The van der Waals surface area contributed by atoms with Crippen molar-refractivity contribution in [3.63, 3.8) is 0 Å². The van der Waals surface area contributed by atoms with Crippen molar-refractivity contribution in [3.05, 3.63) is 29.3 Å². The van der Waals surface area contributed by atoms with E-state index < -0.39 is 48.0 Å². The van der Waals surface area contributed by atoms with Crippen LogP contribution in [0.1, 0.15) is 52.0 Å². The molecule has 1 N–H and O–H groups in total. The fraction of sp³-hybridized carbons (Fsp3) is 0.696. The molecule has 4 saturated heterocycles. The molecule has 5 fully saturated rings. The first-order valence-electron chi connectivity index (χ1n) is 11.2. The lowest BCUT2D eigenvalue weighted by Crippen LogP contribution is -2.70. The van der Waals surface area contributed by atoms with Crippen LogP contribution in [0.3, 0.4) is 0 Å². The third-order valence-corrected chi connectivity index (χ3v) is 7.81. The van der Waals surface area contributed by atoms with Gasteiger partial charge in [0.15, 0.2) is 23.5 Å². The largest absolute Gasteiger partial charge is 0.481 e. The molecular weight excluding hydrogens is 426 g/mol. The maximum Gasteiger partial charge on any atom is 0.307 e. The summed E-state index contributed by atoms with van der Waals surface area (Å²) < 4.78 is 47.3. The van der Waals surface area contributed by atoms with Crippen LogP contribution >= 0.6 is 0 Å². The summed E-state index contributed by atoms with van der Waals surface area (Å²) in [6.07, 6.45) is 1.13. The van der Waals surface area contributed by atoms with E-state index in [-0.39, 0.29) is 29.1 Å². The highest BCUT2D eigenvalue weighted by Gasteiger charge is 2.69. The normalized spacial score (nSPS) is 42.8. The van der Waals surface area contributed by atoms with Crippen LogP contribution < -0.4 is 4.74 Å². The molecule has 1 aromatic carbocycles. The molecule has 1 spiro atoms. The number of carboxylic acids is 1. The van der Waals surface area contributed by atoms with Crippen LogP contribution in [-0.4, -0.2) is 35.0 Å². The molecule has 5 aliphatic rings. The molecule has 176 valence electrons. The Hall–Kier alpha value is -1.81. The first-order valence-corrected chi connectivity index (χ1v) is 11.2. The maximum atomic E-state index is 14.7. The molecule has 6 rings (SSSR count). The van der Waals surface area contributed by atoms with Crippen molar-refractivity contribution >= 4 is 5.97 Å². The van der Waals surface area contributed by atoms with E-state index in [4.69, 9.17) is 29.1 Å². The summed E-state index contributed by atoms with van der Waals surface area (Å²) in [5.74, 6) is -4.62. The molecule has 32 heavy (non-hydrogen) atoms. The number of benzene rings is 1. The molecule has 7 nitrogen and oxygen atoms in total. The van der Waals surface area contributed by atoms with E-state index in [0.29, 0.717) is 12.3 Å². The van der Waals surface area contributed by atoms with Crippen LogP contribution in [0.4, 0.5) is 8.78 Å². The van der Waals surface area contributed by atoms with Crippen molar-refractivity contribution in [1.29, 1.82) is 0 Å². The van der Waals surface area contributed by atoms with E-state index in [1.54, 1.807) is 0 Å². The average molecular weight is 454 g/mol. The quantitative estimate of drug-likeness (QED) is 0.684. The molecule has 8 atom stereocenters. The number of halogens is 2. The predicted molar refractivity (Wildman–Crippen MR) is 105 cm³/mol. The number of hydrogen-bond donors (Lipinski definition) is 1. The zero-order chi connectivity index (χ0) is 22.8. The molecule has 0 unspecified atom stereocenters. The third-order valence-electron chi connectivity index (χ3n) is 7.81. The molecule has 4 heterocycles. The summed E-state index contributed by atoms with van der Waals surface area (Å²) in [5, 5.41) is 8.88. The second kappa shape index (κ2) is 7.62. The van der Waals surface area contributed by atoms with E-state index in [1.807, 2.05) is 13.8 Å². The Balaban J connectivity index is 1.45. The number of carbonyl (C=O) groups is 1. The van der Waals surface area contributed by atoms with Crippen molar-refractivity contribution in [1.82, 2.24) is 0 Å². The summed E-state index contributed by atoms with van der Waals surface area (Å²) in [7, 11) is 0. The van der Waals surface area contributed by atoms with Gasteiger partial charge in [0.25, 0.3) is 0 Å². The molecular formula is C23H28F2O7. The van der Waals surface area contributed by atoms with Gasteiger partial charge < -0.3 is 19.3 Å². The smallest absolute Gasteiger partial charge is 0.307 e. The first kappa shape index (κ1) is 22.0. The van der Waals surface area contributed by atoms with Crippen LogP contribution in [0.15, 0.2) is 12.1 Å². The van der Waals surface area contributed by atoms with Gasteiger partial charge in [-0.25, -0.2) is 14.2 Å². The van der Waals surface area contributed by atoms with Gasteiger partial charge in [0.2, 0.25) is 17.9 Å². The number of rotatable bonds is 4. The van der Waals surface area contributed by atoms with Crippen LogP contribution in [-0.2, 0) is 30.5 Å². The highest BCUT2D eigenvalue weighted by atomic mass is 19.2. The first-order chi connectivity index (χ1) is 15.1. The second-order valence-electron chi connectivity index (χ2n) is 9.81. The molecule has 1 aromatic rings. The van der Waals surface area contributed by atoms with Crippen molar-refractivity contribution in [3.8, 4) is 5.75 Å². The topological polar surface area (TPSA) is 83.5 Å². The number of aliphatic carboxylic acids is 1. The van der Waals surface area contributed by atoms with Crippen LogP contribution in [0.25, 0.3) is 0 Å². The molecule has 0 amide bonds. The predicted octanol–water partition coefficient (Wildman–Crippen LogP) is 4.18. The second-order valence-corrected chi connectivity index (χ2v) is 9.81. The average Bonchev–Trinajstić information content (AvgIpc) is 2.97. The van der Waals surface area contributed by atoms with Gasteiger partial charge in [-0.15, -0.1) is 0 Å². The van der Waals surface area contributed by atoms with Gasteiger partial charge in [0.05, 0.1) is 6.42 Å². The summed E-state index contributed by atoms with van der Waals surface area (Å²) in [6.45, 7) is 5.97. The van der Waals surface area contributed by atoms with Gasteiger partial charge in [0.1, 0.15) is 0 Å². The van der Waals surface area contributed by atoms with E-state index in [2.05, 4.69) is 6.92 Å². The molecule has 1 aliphatic carbocycles. The Kier molecular flexibility index (Phi) is 5.24. The van der Waals surface area contributed by atoms with Crippen LogP contribution in [0, 0.1) is 35.3 Å². The molecule has 9 heteroatoms. The summed E-state index contributed by atoms with van der Waals surface area (Å²) in [6, 6.07) is 2.46. The number of ether oxygens (including phenoxy) is 3. The Morgan fingerprint density at radius 3 is 2.69 bits per heavy atom. The SMILES string of the molecule is C[C@H]1[C@@H](Oc2ccc(CC(=O)O)c(F)c2F)O[C@@H]2O[C@@]3(C)CC[C@H]4[C@H](C)CC[C@@H]1[C@@]24OO3. The minimum absolute atomic E-state index is 0.0192. The lowest BCUT2D eigenvalue weighted by molar-refractivity contribution is -0.575. The van der Waals surface area contributed by atoms with Gasteiger partial charge in [-0.1, -0.05) is 19.9 Å². The van der Waals surface area contributed by atoms with Crippen molar-refractivity contribution in [2.45, 2.75) is 76.8 Å². The number of carboxylic acid groups (broad SMARTS) is 1. The van der Waals surface area contributed by atoms with Gasteiger partial charge in [0, 0.05) is 23.8 Å². The highest BCUT2D eigenvalue weighted by Crippen LogP contribution is 2.60.